The molecule has 1 heterocycles. The van der Waals surface area contributed by atoms with E-state index in [1.54, 1.807) is 12.4 Å². The highest BCUT2D eigenvalue weighted by Gasteiger charge is 2.16. The molecule has 1 aromatic heterocycles. The van der Waals surface area contributed by atoms with Crippen molar-refractivity contribution in [3.05, 3.63) is 66.0 Å². The molecule has 0 fully saturated rings. The van der Waals surface area contributed by atoms with Gasteiger partial charge in [0.05, 0.1) is 0 Å². The lowest BCUT2D eigenvalue weighted by molar-refractivity contribution is 0.0153. The summed E-state index contributed by atoms with van der Waals surface area (Å²) >= 11 is 0. The van der Waals surface area contributed by atoms with Crippen LogP contribution in [0.1, 0.15) is 37.0 Å². The summed E-state index contributed by atoms with van der Waals surface area (Å²) in [6.45, 7) is 2.27. The zero-order chi connectivity index (χ0) is 14.9. The van der Waals surface area contributed by atoms with E-state index in [9.17, 15) is 4.79 Å². The Morgan fingerprint density at radius 3 is 2.52 bits per heavy atom. The predicted molar refractivity (Wildman–Crippen MR) is 79.6 cm³/mol. The molecule has 0 aliphatic carbocycles. The van der Waals surface area contributed by atoms with E-state index in [0.717, 1.165) is 24.0 Å². The van der Waals surface area contributed by atoms with E-state index in [1.807, 2.05) is 49.4 Å². The first-order valence-corrected chi connectivity index (χ1v) is 7.07. The molecule has 1 aromatic carbocycles. The van der Waals surface area contributed by atoms with Crippen molar-refractivity contribution in [1.82, 2.24) is 4.98 Å². The molecule has 0 radical (unpaired) electrons. The number of hydrogen-bond acceptors (Lipinski definition) is 4. The van der Waals surface area contributed by atoms with E-state index in [4.69, 9.17) is 9.47 Å². The monoisotopic (exact) mass is 285 g/mol. The number of hydrogen-bond donors (Lipinski definition) is 0. The first-order chi connectivity index (χ1) is 10.3. The smallest absolute Gasteiger partial charge is 0.429 e. The summed E-state index contributed by atoms with van der Waals surface area (Å²) in [6.07, 6.45) is 4.12. The zero-order valence-electron chi connectivity index (χ0n) is 12.1. The van der Waals surface area contributed by atoms with E-state index in [-0.39, 0.29) is 12.7 Å². The van der Waals surface area contributed by atoms with Crippen molar-refractivity contribution >= 4 is 6.16 Å². The molecular formula is C17H19NO3. The topological polar surface area (TPSA) is 48.4 Å². The van der Waals surface area contributed by atoms with Crippen molar-refractivity contribution in [2.45, 2.75) is 32.5 Å². The summed E-state index contributed by atoms with van der Waals surface area (Å²) in [5, 5.41) is 0. The summed E-state index contributed by atoms with van der Waals surface area (Å²) < 4.78 is 10.6. The Kier molecular flexibility index (Phi) is 5.76. The quantitative estimate of drug-likeness (QED) is 0.743. The molecule has 21 heavy (non-hydrogen) atoms. The number of nitrogens with zero attached hydrogens (tertiary/aromatic N) is 1. The van der Waals surface area contributed by atoms with Crippen LogP contribution in [0.25, 0.3) is 0 Å². The molecule has 0 N–H and O–H groups in total. The highest BCUT2D eigenvalue weighted by molar-refractivity contribution is 5.60. The largest absolute Gasteiger partial charge is 0.509 e. The van der Waals surface area contributed by atoms with Gasteiger partial charge < -0.3 is 9.47 Å². The summed E-state index contributed by atoms with van der Waals surface area (Å²) in [5.74, 6) is 0. The van der Waals surface area contributed by atoms with Crippen molar-refractivity contribution < 1.29 is 14.3 Å². The highest BCUT2D eigenvalue weighted by Crippen LogP contribution is 2.22. The summed E-state index contributed by atoms with van der Waals surface area (Å²) in [6, 6.07) is 13.2. The standard InChI is InChI=1S/C17H19NO3/c1-2-6-16(15-9-11-18-12-10-15)21-17(19)20-13-14-7-4-3-5-8-14/h3-5,7-12,16H,2,6,13H2,1H3. The second kappa shape index (κ2) is 8.04. The average molecular weight is 285 g/mol. The van der Waals surface area contributed by atoms with Crippen molar-refractivity contribution in [3.63, 3.8) is 0 Å². The van der Waals surface area contributed by atoms with Crippen LogP contribution in [0.5, 0.6) is 0 Å². The van der Waals surface area contributed by atoms with Crippen LogP contribution in [0.2, 0.25) is 0 Å². The SMILES string of the molecule is CCCC(OC(=O)OCc1ccccc1)c1ccncc1. The second-order valence-electron chi connectivity index (χ2n) is 4.70. The molecule has 0 bridgehead atoms. The third-order valence-corrected chi connectivity index (χ3v) is 3.07. The molecule has 2 aromatic rings. The summed E-state index contributed by atoms with van der Waals surface area (Å²) in [7, 11) is 0. The van der Waals surface area contributed by atoms with Crippen molar-refractivity contribution in [2.24, 2.45) is 0 Å². The van der Waals surface area contributed by atoms with Gasteiger partial charge >= 0.3 is 6.16 Å². The Morgan fingerprint density at radius 2 is 1.86 bits per heavy atom. The number of rotatable bonds is 6. The minimum atomic E-state index is -0.644. The van der Waals surface area contributed by atoms with Gasteiger partial charge in [0.1, 0.15) is 12.7 Å². The lowest BCUT2D eigenvalue weighted by Gasteiger charge is -2.17. The lowest BCUT2D eigenvalue weighted by atomic mass is 10.1. The number of carbonyl (C=O) groups is 1. The third-order valence-electron chi connectivity index (χ3n) is 3.07. The fraction of sp³-hybridized carbons (Fsp3) is 0.294. The Balaban J connectivity index is 1.89. The van der Waals surface area contributed by atoms with Crippen molar-refractivity contribution in [1.29, 1.82) is 0 Å². The van der Waals surface area contributed by atoms with Gasteiger partial charge in [-0.3, -0.25) is 4.98 Å². The van der Waals surface area contributed by atoms with Crippen LogP contribution >= 0.6 is 0 Å². The molecule has 0 saturated carbocycles. The van der Waals surface area contributed by atoms with Crippen LogP contribution in [-0.2, 0) is 16.1 Å². The predicted octanol–water partition coefficient (Wildman–Crippen LogP) is 4.28. The van der Waals surface area contributed by atoms with E-state index in [1.165, 1.54) is 0 Å². The van der Waals surface area contributed by atoms with Gasteiger partial charge in [0.25, 0.3) is 0 Å². The van der Waals surface area contributed by atoms with Gasteiger partial charge in [-0.1, -0.05) is 43.7 Å². The van der Waals surface area contributed by atoms with E-state index < -0.39 is 6.16 Å². The molecule has 1 atom stereocenters. The second-order valence-corrected chi connectivity index (χ2v) is 4.70. The number of pyridine rings is 1. The van der Waals surface area contributed by atoms with Crippen LogP contribution in [0.4, 0.5) is 4.79 Å². The Morgan fingerprint density at radius 1 is 1.14 bits per heavy atom. The number of benzene rings is 1. The number of ether oxygens (including phenoxy) is 2. The van der Waals surface area contributed by atoms with Crippen LogP contribution in [0.15, 0.2) is 54.9 Å². The van der Waals surface area contributed by atoms with Gasteiger partial charge in [-0.15, -0.1) is 0 Å². The lowest BCUT2D eigenvalue weighted by Crippen LogP contribution is -2.13. The van der Waals surface area contributed by atoms with Crippen molar-refractivity contribution in [3.8, 4) is 0 Å². The maximum absolute atomic E-state index is 11.8. The molecule has 0 amide bonds. The molecule has 0 saturated heterocycles. The average Bonchev–Trinajstić information content (AvgIpc) is 2.54. The summed E-state index contributed by atoms with van der Waals surface area (Å²) in [5.41, 5.74) is 1.87. The van der Waals surface area contributed by atoms with Crippen LogP contribution < -0.4 is 0 Å². The fourth-order valence-corrected chi connectivity index (χ4v) is 2.00. The van der Waals surface area contributed by atoms with E-state index in [2.05, 4.69) is 4.98 Å². The highest BCUT2D eigenvalue weighted by atomic mass is 16.7. The van der Waals surface area contributed by atoms with Crippen LogP contribution in [0.3, 0.4) is 0 Å². The molecule has 4 nitrogen and oxygen atoms in total. The molecule has 110 valence electrons. The first-order valence-electron chi connectivity index (χ1n) is 7.07. The third kappa shape index (κ3) is 4.91. The van der Waals surface area contributed by atoms with Gasteiger partial charge in [0.15, 0.2) is 0 Å². The van der Waals surface area contributed by atoms with Gasteiger partial charge in [0.2, 0.25) is 0 Å². The van der Waals surface area contributed by atoms with Crippen molar-refractivity contribution in [2.75, 3.05) is 0 Å². The van der Waals surface area contributed by atoms with Gasteiger partial charge in [0, 0.05) is 12.4 Å². The maximum Gasteiger partial charge on any atom is 0.509 e. The normalized spacial score (nSPS) is 11.7. The zero-order valence-corrected chi connectivity index (χ0v) is 12.1. The van der Waals surface area contributed by atoms with E-state index in [0.29, 0.717) is 0 Å². The Hall–Kier alpha value is -2.36. The van der Waals surface area contributed by atoms with Crippen LogP contribution in [0, 0.1) is 0 Å². The van der Waals surface area contributed by atoms with E-state index >= 15 is 0 Å². The summed E-state index contributed by atoms with van der Waals surface area (Å²) in [4.78, 5) is 15.8. The Bertz CT molecular complexity index is 542. The molecule has 1 unspecified atom stereocenters. The van der Waals surface area contributed by atoms with Gasteiger partial charge in [-0.25, -0.2) is 4.79 Å². The van der Waals surface area contributed by atoms with Crippen LogP contribution in [-0.4, -0.2) is 11.1 Å². The maximum atomic E-state index is 11.8. The number of carbonyl (C=O) groups excluding carboxylic acids is 1. The molecule has 4 heteroatoms. The minimum Gasteiger partial charge on any atom is -0.429 e. The van der Waals surface area contributed by atoms with Gasteiger partial charge in [-0.05, 0) is 29.7 Å². The van der Waals surface area contributed by atoms with Gasteiger partial charge in [-0.2, -0.15) is 0 Å². The molecular weight excluding hydrogens is 266 g/mol. The molecule has 0 aliphatic heterocycles. The molecule has 2 rings (SSSR count). The molecule has 0 aliphatic rings. The fourth-order valence-electron chi connectivity index (χ4n) is 2.00. The number of aromatic nitrogens is 1. The first kappa shape index (κ1) is 15.0. The minimum absolute atomic E-state index is 0.217. The molecule has 0 spiro atoms. The Labute approximate surface area is 124 Å².